The van der Waals surface area contributed by atoms with Gasteiger partial charge in [0.15, 0.2) is 0 Å². The van der Waals surface area contributed by atoms with Crippen LogP contribution in [0.3, 0.4) is 0 Å². The molecule has 1 aromatic carbocycles. The van der Waals surface area contributed by atoms with Gasteiger partial charge in [0.25, 0.3) is 0 Å². The van der Waals surface area contributed by atoms with E-state index >= 15 is 0 Å². The molecule has 2 amide bonds. The maximum atomic E-state index is 13.1. The summed E-state index contributed by atoms with van der Waals surface area (Å²) in [5.74, 6) is -0.620. The van der Waals surface area contributed by atoms with Gasteiger partial charge in [0.1, 0.15) is 17.9 Å². The second-order valence-corrected chi connectivity index (χ2v) is 9.74. The second-order valence-electron chi connectivity index (χ2n) is 7.96. The zero-order chi connectivity index (χ0) is 23.0. The van der Waals surface area contributed by atoms with E-state index in [4.69, 9.17) is 11.1 Å². The Kier molecular flexibility index (Phi) is 9.00. The number of hydrogen-bond donors (Lipinski definition) is 4. The summed E-state index contributed by atoms with van der Waals surface area (Å²) >= 11 is 0. The largest absolute Gasteiger partial charge is 0.384 e. The van der Waals surface area contributed by atoms with Crippen LogP contribution in [0.5, 0.6) is 0 Å². The number of amides is 2. The minimum Gasteiger partial charge on any atom is -0.384 e. The molecule has 9 nitrogen and oxygen atoms in total. The Balaban J connectivity index is 2.02. The molecular weight excluding hydrogens is 418 g/mol. The van der Waals surface area contributed by atoms with E-state index in [1.165, 1.54) is 4.90 Å². The molecule has 1 saturated heterocycles. The van der Waals surface area contributed by atoms with Crippen LogP contribution >= 0.6 is 0 Å². The third-order valence-electron chi connectivity index (χ3n) is 5.32. The Morgan fingerprint density at radius 2 is 1.94 bits per heavy atom. The molecule has 0 aromatic heterocycles. The number of amidine groups is 1. The van der Waals surface area contributed by atoms with Gasteiger partial charge < -0.3 is 16.0 Å². The lowest BCUT2D eigenvalue weighted by molar-refractivity contribution is -0.139. The van der Waals surface area contributed by atoms with Crippen LogP contribution in [0.4, 0.5) is 0 Å². The minimum atomic E-state index is -3.55. The van der Waals surface area contributed by atoms with Crippen molar-refractivity contribution in [2.24, 2.45) is 5.73 Å². The van der Waals surface area contributed by atoms with Crippen LogP contribution in [0.1, 0.15) is 56.6 Å². The van der Waals surface area contributed by atoms with Gasteiger partial charge in [-0.3, -0.25) is 15.0 Å². The molecule has 0 spiro atoms. The smallest absolute Gasteiger partial charge is 0.243 e. The highest BCUT2D eigenvalue weighted by Crippen LogP contribution is 2.20. The molecule has 0 aliphatic carbocycles. The van der Waals surface area contributed by atoms with E-state index in [1.807, 2.05) is 6.92 Å². The summed E-state index contributed by atoms with van der Waals surface area (Å²) in [6.07, 6.45) is 5.28. The van der Waals surface area contributed by atoms with Crippen LogP contribution in [0, 0.1) is 5.41 Å². The van der Waals surface area contributed by atoms with Crippen LogP contribution in [-0.4, -0.2) is 55.9 Å². The zero-order valence-corrected chi connectivity index (χ0v) is 19.0. The lowest BCUT2D eigenvalue weighted by atomic mass is 10.1. The number of carbonyl (C=O) groups is 2. The first-order chi connectivity index (χ1) is 14.6. The van der Waals surface area contributed by atoms with Gasteiger partial charge in [-0.15, -0.1) is 0 Å². The topological polar surface area (TPSA) is 145 Å². The molecule has 1 aromatic rings. The Morgan fingerprint density at radius 3 is 2.52 bits per heavy atom. The van der Waals surface area contributed by atoms with Gasteiger partial charge in [-0.05, 0) is 24.8 Å². The monoisotopic (exact) mass is 451 g/mol. The predicted octanol–water partition coefficient (Wildman–Crippen LogP) is 1.08. The molecule has 0 saturated carbocycles. The van der Waals surface area contributed by atoms with Gasteiger partial charge in [-0.25, -0.2) is 13.1 Å². The normalized spacial score (nSPS) is 17.4. The number of nitrogens with two attached hydrogens (primary N) is 1. The van der Waals surface area contributed by atoms with Crippen molar-refractivity contribution < 1.29 is 18.0 Å². The van der Waals surface area contributed by atoms with Crippen LogP contribution < -0.4 is 15.8 Å². The average Bonchev–Trinajstić information content (AvgIpc) is 3.20. The molecule has 172 valence electrons. The Morgan fingerprint density at radius 1 is 1.26 bits per heavy atom. The lowest BCUT2D eigenvalue weighted by Crippen LogP contribution is -2.53. The quantitative estimate of drug-likeness (QED) is 0.226. The van der Waals surface area contributed by atoms with Crippen LogP contribution in [0.25, 0.3) is 0 Å². The summed E-state index contributed by atoms with van der Waals surface area (Å²) in [4.78, 5) is 27.4. The lowest BCUT2D eigenvalue weighted by Gasteiger charge is -2.28. The Bertz CT molecular complexity index is 886. The molecule has 0 radical (unpaired) electrons. The number of rotatable bonds is 11. The molecule has 2 rings (SSSR count). The minimum absolute atomic E-state index is 0.0214. The van der Waals surface area contributed by atoms with Crippen molar-refractivity contribution in [3.8, 4) is 0 Å². The number of benzene rings is 1. The number of nitrogens with zero attached hydrogens (tertiary/aromatic N) is 1. The van der Waals surface area contributed by atoms with Gasteiger partial charge in [-0.2, -0.15) is 0 Å². The van der Waals surface area contributed by atoms with E-state index in [2.05, 4.69) is 10.0 Å². The average molecular weight is 452 g/mol. The highest BCUT2D eigenvalue weighted by atomic mass is 32.2. The van der Waals surface area contributed by atoms with Gasteiger partial charge in [0, 0.05) is 18.7 Å². The molecule has 5 N–H and O–H groups in total. The van der Waals surface area contributed by atoms with Gasteiger partial charge >= 0.3 is 0 Å². The number of likely N-dealkylation sites (tertiary alicyclic amines) is 1. The van der Waals surface area contributed by atoms with E-state index in [9.17, 15) is 18.0 Å². The molecule has 2 atom stereocenters. The van der Waals surface area contributed by atoms with E-state index in [-0.39, 0.29) is 24.2 Å². The van der Waals surface area contributed by atoms with Crippen LogP contribution in [0.15, 0.2) is 24.3 Å². The zero-order valence-electron chi connectivity index (χ0n) is 18.2. The summed E-state index contributed by atoms with van der Waals surface area (Å²) in [5.41, 5.74) is 6.91. The highest BCUT2D eigenvalue weighted by Gasteiger charge is 2.37. The first-order valence-electron chi connectivity index (χ1n) is 10.6. The summed E-state index contributed by atoms with van der Waals surface area (Å²) in [6, 6.07) is 5.54. The number of sulfonamides is 1. The van der Waals surface area contributed by atoms with Gasteiger partial charge in [0.05, 0.1) is 6.26 Å². The highest BCUT2D eigenvalue weighted by molar-refractivity contribution is 7.88. The fourth-order valence-electron chi connectivity index (χ4n) is 3.70. The third-order valence-corrected chi connectivity index (χ3v) is 6.03. The molecule has 10 heteroatoms. The Labute approximate surface area is 184 Å². The molecule has 31 heavy (non-hydrogen) atoms. The van der Waals surface area contributed by atoms with Crippen molar-refractivity contribution >= 4 is 27.7 Å². The van der Waals surface area contributed by atoms with Gasteiger partial charge in [0.2, 0.25) is 21.8 Å². The number of unbranched alkanes of at least 4 members (excludes halogenated alkanes) is 2. The Hall–Kier alpha value is -2.46. The standard InChI is InChI=1S/C21H33N5O4S/c1-3-4-5-7-17(25-31(2,29)30)21(28)26-13-6-8-18(26)20(27)24-14-15-9-11-16(12-10-15)19(22)23/h9-12,17-18,25H,3-8,13-14H2,1-2H3,(H3,22,23)(H,24,27)/t17-,18+/m1/s1. The first kappa shape index (κ1) is 24.8. The van der Waals surface area contributed by atoms with Gasteiger partial charge in [-0.1, -0.05) is 50.5 Å². The molecular formula is C21H33N5O4S. The van der Waals surface area contributed by atoms with Crippen LogP contribution in [-0.2, 0) is 26.2 Å². The van der Waals surface area contributed by atoms with Crippen molar-refractivity contribution in [2.75, 3.05) is 12.8 Å². The van der Waals surface area contributed by atoms with Crippen molar-refractivity contribution in [1.82, 2.24) is 14.9 Å². The van der Waals surface area contributed by atoms with Crippen molar-refractivity contribution in [2.45, 2.75) is 64.1 Å². The molecule has 1 aliphatic heterocycles. The fraction of sp³-hybridized carbons (Fsp3) is 0.571. The van der Waals surface area contributed by atoms with E-state index in [0.29, 0.717) is 31.4 Å². The van der Waals surface area contributed by atoms with Crippen molar-refractivity contribution in [3.63, 3.8) is 0 Å². The van der Waals surface area contributed by atoms with E-state index in [1.54, 1.807) is 24.3 Å². The SMILES string of the molecule is CCCCC[C@@H](NS(C)(=O)=O)C(=O)N1CCC[C@H]1C(=O)NCc1ccc(C(=N)N)cc1. The fourth-order valence-corrected chi connectivity index (χ4v) is 4.44. The molecule has 1 fully saturated rings. The summed E-state index contributed by atoms with van der Waals surface area (Å²) in [6.45, 7) is 2.76. The number of hydrogen-bond acceptors (Lipinski definition) is 5. The third kappa shape index (κ3) is 7.62. The number of carbonyl (C=O) groups excluding carboxylic acids is 2. The summed E-state index contributed by atoms with van der Waals surface area (Å²) in [5, 5.41) is 10.3. The maximum absolute atomic E-state index is 13.1. The van der Waals surface area contributed by atoms with E-state index < -0.39 is 22.1 Å². The number of nitrogen functional groups attached to an aromatic ring is 1. The molecule has 0 unspecified atom stereocenters. The summed E-state index contributed by atoms with van der Waals surface area (Å²) < 4.78 is 25.9. The molecule has 1 heterocycles. The first-order valence-corrected chi connectivity index (χ1v) is 12.5. The predicted molar refractivity (Wildman–Crippen MR) is 120 cm³/mol. The summed E-state index contributed by atoms with van der Waals surface area (Å²) in [7, 11) is -3.55. The molecule has 1 aliphatic rings. The molecule has 0 bridgehead atoms. The second kappa shape index (κ2) is 11.2. The van der Waals surface area contributed by atoms with Crippen molar-refractivity contribution in [3.05, 3.63) is 35.4 Å². The van der Waals surface area contributed by atoms with Crippen LogP contribution in [0.2, 0.25) is 0 Å². The maximum Gasteiger partial charge on any atom is 0.243 e. The number of nitrogens with one attached hydrogen (secondary N) is 3. The van der Waals surface area contributed by atoms with Crippen molar-refractivity contribution in [1.29, 1.82) is 5.41 Å². The van der Waals surface area contributed by atoms with E-state index in [0.717, 1.165) is 31.1 Å².